The quantitative estimate of drug-likeness (QED) is 0.616. The van der Waals surface area contributed by atoms with E-state index < -0.39 is 17.5 Å². The Labute approximate surface area is 176 Å². The number of hydrogen-bond donors (Lipinski definition) is 2. The average Bonchev–Trinajstić information content (AvgIpc) is 3.24. The van der Waals surface area contributed by atoms with Gasteiger partial charge in [0.25, 0.3) is 5.91 Å². The molecular weight excluding hydrogens is 410 g/mol. The van der Waals surface area contributed by atoms with Gasteiger partial charge in [0.1, 0.15) is 33.8 Å². The number of amides is 1. The van der Waals surface area contributed by atoms with Crippen molar-refractivity contribution in [2.45, 2.75) is 12.8 Å². The zero-order valence-corrected chi connectivity index (χ0v) is 16.8. The van der Waals surface area contributed by atoms with Crippen molar-refractivity contribution >= 4 is 22.9 Å². The van der Waals surface area contributed by atoms with Gasteiger partial charge in [-0.25, -0.2) is 13.8 Å². The van der Waals surface area contributed by atoms with E-state index in [1.165, 1.54) is 17.6 Å². The van der Waals surface area contributed by atoms with E-state index in [1.807, 2.05) is 0 Å². The second-order valence-corrected chi connectivity index (χ2v) is 7.84. The fourth-order valence-electron chi connectivity index (χ4n) is 3.26. The predicted octanol–water partition coefficient (Wildman–Crippen LogP) is 4.11. The molecule has 1 aliphatic rings. The molecule has 1 aliphatic heterocycles. The molecule has 3 heterocycles. The Bertz CT molecular complexity index is 1020. The zero-order chi connectivity index (χ0) is 20.9. The third kappa shape index (κ3) is 4.63. The molecule has 3 aromatic rings. The topological polar surface area (TPSA) is 76.1 Å². The summed E-state index contributed by atoms with van der Waals surface area (Å²) >= 11 is 0.997. The molecular formula is C21H20F2N4O2S. The van der Waals surface area contributed by atoms with E-state index in [1.54, 1.807) is 12.3 Å². The number of benzene rings is 1. The summed E-state index contributed by atoms with van der Waals surface area (Å²) in [5, 5.41) is 7.62. The number of carbonyl (C=O) groups is 1. The first kappa shape index (κ1) is 20.4. The molecule has 0 saturated carbocycles. The summed E-state index contributed by atoms with van der Waals surface area (Å²) in [6.45, 7) is 2.47. The smallest absolute Gasteiger partial charge is 0.275 e. The second-order valence-electron chi connectivity index (χ2n) is 6.98. The van der Waals surface area contributed by atoms with E-state index in [2.05, 4.69) is 20.6 Å². The summed E-state index contributed by atoms with van der Waals surface area (Å²) in [6, 6.07) is 5.27. The number of nitrogens with zero attached hydrogens (tertiary/aromatic N) is 2. The molecule has 0 spiro atoms. The van der Waals surface area contributed by atoms with Crippen LogP contribution in [-0.2, 0) is 0 Å². The molecule has 6 nitrogen and oxygen atoms in total. The van der Waals surface area contributed by atoms with Crippen molar-refractivity contribution in [3.05, 3.63) is 59.4 Å². The highest BCUT2D eigenvalue weighted by atomic mass is 32.1. The van der Waals surface area contributed by atoms with E-state index in [0.717, 1.165) is 49.4 Å². The van der Waals surface area contributed by atoms with Gasteiger partial charge in [-0.3, -0.25) is 9.78 Å². The maximum atomic E-state index is 14.0. The van der Waals surface area contributed by atoms with E-state index in [4.69, 9.17) is 4.74 Å². The number of hydrogen-bond acceptors (Lipinski definition) is 6. The molecule has 156 valence electrons. The van der Waals surface area contributed by atoms with Gasteiger partial charge in [0.05, 0.1) is 18.4 Å². The third-order valence-corrected chi connectivity index (χ3v) is 5.68. The van der Waals surface area contributed by atoms with Crippen LogP contribution in [-0.4, -0.2) is 35.6 Å². The number of ether oxygens (including phenoxy) is 1. The van der Waals surface area contributed by atoms with Crippen LogP contribution < -0.4 is 15.4 Å². The Morgan fingerprint density at radius 1 is 1.30 bits per heavy atom. The van der Waals surface area contributed by atoms with Gasteiger partial charge >= 0.3 is 0 Å². The second kappa shape index (κ2) is 9.27. The number of carbonyl (C=O) groups excluding carboxylic acids is 1. The van der Waals surface area contributed by atoms with Gasteiger partial charge in [-0.05, 0) is 31.5 Å². The minimum absolute atomic E-state index is 0.0592. The van der Waals surface area contributed by atoms with Crippen LogP contribution in [0.4, 0.5) is 14.5 Å². The monoisotopic (exact) mass is 430 g/mol. The lowest BCUT2D eigenvalue weighted by Gasteiger charge is -2.23. The van der Waals surface area contributed by atoms with Crippen LogP contribution in [0.1, 0.15) is 23.3 Å². The van der Waals surface area contributed by atoms with Crippen LogP contribution in [0, 0.1) is 17.6 Å². The zero-order valence-electron chi connectivity index (χ0n) is 16.0. The SMILES string of the molecule is O=C(Nc1cnccc1OCC1CCCNC1)c1csc(-c2c(F)cccc2F)n1. The molecule has 2 aromatic heterocycles. The van der Waals surface area contributed by atoms with Crippen molar-refractivity contribution in [3.8, 4) is 16.3 Å². The molecule has 2 N–H and O–H groups in total. The average molecular weight is 430 g/mol. The summed E-state index contributed by atoms with van der Waals surface area (Å²) < 4.78 is 33.9. The van der Waals surface area contributed by atoms with Crippen LogP contribution in [0.25, 0.3) is 10.6 Å². The van der Waals surface area contributed by atoms with Crippen molar-refractivity contribution in [2.75, 3.05) is 25.0 Å². The maximum absolute atomic E-state index is 14.0. The van der Waals surface area contributed by atoms with E-state index in [9.17, 15) is 13.6 Å². The lowest BCUT2D eigenvalue weighted by molar-refractivity contribution is 0.102. The highest BCUT2D eigenvalue weighted by Crippen LogP contribution is 2.30. The Balaban J connectivity index is 1.46. The fourth-order valence-corrected chi connectivity index (χ4v) is 4.10. The molecule has 4 rings (SSSR count). The molecule has 1 amide bonds. The van der Waals surface area contributed by atoms with Crippen molar-refractivity contribution in [1.82, 2.24) is 15.3 Å². The Hall–Kier alpha value is -2.91. The van der Waals surface area contributed by atoms with Crippen LogP contribution >= 0.6 is 11.3 Å². The first-order chi connectivity index (χ1) is 14.6. The summed E-state index contributed by atoms with van der Waals surface area (Å²) in [4.78, 5) is 20.8. The predicted molar refractivity (Wildman–Crippen MR) is 111 cm³/mol. The lowest BCUT2D eigenvalue weighted by atomic mass is 10.0. The van der Waals surface area contributed by atoms with Crippen LogP contribution in [0.15, 0.2) is 42.0 Å². The molecule has 1 atom stereocenters. The van der Waals surface area contributed by atoms with Crippen LogP contribution in [0.3, 0.4) is 0 Å². The van der Waals surface area contributed by atoms with Gasteiger partial charge in [-0.2, -0.15) is 0 Å². The number of anilines is 1. The van der Waals surface area contributed by atoms with Crippen molar-refractivity contribution in [2.24, 2.45) is 5.92 Å². The molecule has 0 radical (unpaired) electrons. The number of rotatable bonds is 6. The van der Waals surface area contributed by atoms with Crippen molar-refractivity contribution in [3.63, 3.8) is 0 Å². The molecule has 30 heavy (non-hydrogen) atoms. The number of aromatic nitrogens is 2. The normalized spacial score (nSPS) is 16.3. The molecule has 1 aromatic carbocycles. The van der Waals surface area contributed by atoms with Crippen molar-refractivity contribution in [1.29, 1.82) is 0 Å². The summed E-state index contributed by atoms with van der Waals surface area (Å²) in [7, 11) is 0. The van der Waals surface area contributed by atoms with E-state index in [0.29, 0.717) is 24.0 Å². The molecule has 1 unspecified atom stereocenters. The number of nitrogens with one attached hydrogen (secondary N) is 2. The molecule has 0 bridgehead atoms. The first-order valence-corrected chi connectivity index (χ1v) is 10.5. The Kier molecular flexibility index (Phi) is 6.29. The summed E-state index contributed by atoms with van der Waals surface area (Å²) in [6.07, 6.45) is 5.29. The minimum Gasteiger partial charge on any atom is -0.491 e. The number of thiazole rings is 1. The van der Waals surface area contributed by atoms with Gasteiger partial charge in [0.15, 0.2) is 0 Å². The Morgan fingerprint density at radius 2 is 2.13 bits per heavy atom. The fraction of sp³-hybridized carbons (Fsp3) is 0.286. The van der Waals surface area contributed by atoms with Gasteiger partial charge in [0, 0.05) is 30.1 Å². The lowest BCUT2D eigenvalue weighted by Crippen LogP contribution is -2.33. The molecule has 0 aliphatic carbocycles. The first-order valence-electron chi connectivity index (χ1n) is 9.60. The van der Waals surface area contributed by atoms with E-state index in [-0.39, 0.29) is 16.3 Å². The third-order valence-electron chi connectivity index (χ3n) is 4.82. The van der Waals surface area contributed by atoms with Gasteiger partial charge < -0.3 is 15.4 Å². The highest BCUT2D eigenvalue weighted by Gasteiger charge is 2.19. The number of pyridine rings is 1. The molecule has 9 heteroatoms. The maximum Gasteiger partial charge on any atom is 0.275 e. The van der Waals surface area contributed by atoms with Gasteiger partial charge in [-0.1, -0.05) is 6.07 Å². The highest BCUT2D eigenvalue weighted by molar-refractivity contribution is 7.13. The summed E-state index contributed by atoms with van der Waals surface area (Å²) in [5.74, 6) is -1.04. The number of piperidine rings is 1. The van der Waals surface area contributed by atoms with Crippen LogP contribution in [0.2, 0.25) is 0 Å². The molecule has 1 saturated heterocycles. The standard InChI is InChI=1S/C21H20F2N4O2S/c22-14-4-1-5-15(23)19(14)21-27-17(12-30-21)20(28)26-16-10-25-8-6-18(16)29-11-13-3-2-7-24-9-13/h1,4-6,8,10,12-13,24H,2-3,7,9,11H2,(H,26,28). The van der Waals surface area contributed by atoms with Gasteiger partial charge in [-0.15, -0.1) is 11.3 Å². The summed E-state index contributed by atoms with van der Waals surface area (Å²) in [5.41, 5.74) is 0.231. The minimum atomic E-state index is -0.726. The van der Waals surface area contributed by atoms with E-state index >= 15 is 0 Å². The van der Waals surface area contributed by atoms with Crippen LogP contribution in [0.5, 0.6) is 5.75 Å². The number of halogens is 2. The largest absolute Gasteiger partial charge is 0.491 e. The van der Waals surface area contributed by atoms with Crippen molar-refractivity contribution < 1.29 is 18.3 Å². The molecule has 1 fully saturated rings. The van der Waals surface area contributed by atoms with Gasteiger partial charge in [0.2, 0.25) is 0 Å². The Morgan fingerprint density at radius 3 is 2.90 bits per heavy atom.